The Morgan fingerprint density at radius 3 is 1.74 bits per heavy atom. The van der Waals surface area contributed by atoms with Gasteiger partial charge in [-0.05, 0) is 31.1 Å². The molecule has 0 aromatic carbocycles. The Kier molecular flexibility index (Phi) is 13.9. The van der Waals surface area contributed by atoms with Crippen LogP contribution in [0, 0.1) is 0 Å². The van der Waals surface area contributed by atoms with Gasteiger partial charge in [-0.3, -0.25) is 5.32 Å². The van der Waals surface area contributed by atoms with Gasteiger partial charge in [0.2, 0.25) is 0 Å². The first kappa shape index (κ1) is 20.1. The normalized spacial score (nSPS) is 13.7. The number of nitrogens with zero attached hydrogens (tertiary/aromatic N) is 1. The van der Waals surface area contributed by atoms with Gasteiger partial charge in [-0.15, -0.1) is 0 Å². The molecule has 0 N–H and O–H groups in total. The van der Waals surface area contributed by atoms with E-state index >= 15 is 0 Å². The first-order chi connectivity index (χ1) is 11.4. The summed E-state index contributed by atoms with van der Waals surface area (Å²) in [6, 6.07) is 0. The van der Waals surface area contributed by atoms with E-state index in [0.29, 0.717) is 0 Å². The van der Waals surface area contributed by atoms with Crippen molar-refractivity contribution < 1.29 is 0 Å². The Bertz CT molecular complexity index is 338. The summed E-state index contributed by atoms with van der Waals surface area (Å²) in [6.45, 7) is 2.29. The molecule has 0 aromatic heterocycles. The minimum absolute atomic E-state index is 1.09. The Balaban J connectivity index is 1.70. The van der Waals surface area contributed by atoms with Gasteiger partial charge >= 0.3 is 0 Å². The molecule has 1 radical (unpaired) electrons. The topological polar surface area (TPSA) is 14.1 Å². The third-order valence-corrected chi connectivity index (χ3v) is 4.59. The molecule has 1 aliphatic rings. The predicted molar refractivity (Wildman–Crippen MR) is 103 cm³/mol. The molecule has 0 spiro atoms. The molecule has 0 unspecified atom stereocenters. The third-order valence-electron chi connectivity index (χ3n) is 4.59. The number of unbranched alkanes of at least 4 members (excludes halogenated alkanes) is 14. The van der Waals surface area contributed by atoms with E-state index < -0.39 is 0 Å². The summed E-state index contributed by atoms with van der Waals surface area (Å²) < 4.78 is 0. The van der Waals surface area contributed by atoms with Crippen LogP contribution < -0.4 is 5.32 Å². The summed E-state index contributed by atoms with van der Waals surface area (Å²) in [7, 11) is 0. The molecular formula is C22H38N. The smallest absolute Gasteiger partial charge is 0.0626 e. The highest BCUT2D eigenvalue weighted by molar-refractivity contribution is 5.28. The number of allylic oxidation sites excluding steroid dienone is 4. The summed E-state index contributed by atoms with van der Waals surface area (Å²) in [5.41, 5.74) is 1.09. The Morgan fingerprint density at radius 2 is 1.26 bits per heavy atom. The van der Waals surface area contributed by atoms with E-state index in [4.69, 9.17) is 0 Å². The largest absolute Gasteiger partial charge is 0.257 e. The zero-order valence-electron chi connectivity index (χ0n) is 15.4. The molecule has 0 atom stereocenters. The quantitative estimate of drug-likeness (QED) is 0.263. The molecule has 0 aromatic rings. The van der Waals surface area contributed by atoms with E-state index in [1.807, 2.05) is 12.3 Å². The molecule has 1 aliphatic heterocycles. The van der Waals surface area contributed by atoms with Crippen LogP contribution in [-0.2, 0) is 0 Å². The van der Waals surface area contributed by atoms with Crippen molar-refractivity contribution >= 4 is 0 Å². The fraction of sp³-hybridized carbons (Fsp3) is 0.727. The lowest BCUT2D eigenvalue weighted by Crippen LogP contribution is -1.86. The van der Waals surface area contributed by atoms with Gasteiger partial charge in [0.25, 0.3) is 0 Å². The molecule has 1 heteroatoms. The van der Waals surface area contributed by atoms with Crippen molar-refractivity contribution in [2.75, 3.05) is 0 Å². The highest BCUT2D eigenvalue weighted by Gasteiger charge is 1.95. The molecule has 0 saturated carbocycles. The number of rotatable bonds is 16. The average Bonchev–Trinajstić information content (AvgIpc) is 3.08. The lowest BCUT2D eigenvalue weighted by atomic mass is 10.0. The summed E-state index contributed by atoms with van der Waals surface area (Å²) in [4.78, 5) is 0. The van der Waals surface area contributed by atoms with E-state index in [-0.39, 0.29) is 0 Å². The average molecular weight is 317 g/mol. The van der Waals surface area contributed by atoms with Crippen molar-refractivity contribution in [1.29, 1.82) is 0 Å². The second-order valence-corrected chi connectivity index (χ2v) is 6.85. The van der Waals surface area contributed by atoms with Crippen LogP contribution in [0.4, 0.5) is 0 Å². The van der Waals surface area contributed by atoms with Crippen molar-refractivity contribution in [3.63, 3.8) is 0 Å². The lowest BCUT2D eigenvalue weighted by Gasteiger charge is -2.02. The maximum atomic E-state index is 4.24. The van der Waals surface area contributed by atoms with Crippen LogP contribution in [0.5, 0.6) is 0 Å². The summed E-state index contributed by atoms with van der Waals surface area (Å²) >= 11 is 0. The molecule has 1 nitrogen and oxygen atoms in total. The molecule has 0 fully saturated rings. The Hall–Kier alpha value is -0.980. The molecule has 0 amide bonds. The van der Waals surface area contributed by atoms with E-state index in [0.717, 1.165) is 5.70 Å². The maximum Gasteiger partial charge on any atom is 0.0626 e. The minimum atomic E-state index is 1.09. The lowest BCUT2D eigenvalue weighted by molar-refractivity contribution is 0.536. The molecule has 1 heterocycles. The first-order valence-electron chi connectivity index (χ1n) is 10.2. The molecular weight excluding hydrogens is 278 g/mol. The number of hydrogen-bond acceptors (Lipinski definition) is 0. The molecule has 131 valence electrons. The van der Waals surface area contributed by atoms with Gasteiger partial charge in [-0.1, -0.05) is 96.5 Å². The molecule has 0 aliphatic carbocycles. The van der Waals surface area contributed by atoms with Crippen molar-refractivity contribution in [2.24, 2.45) is 0 Å². The van der Waals surface area contributed by atoms with E-state index in [2.05, 4.69) is 30.5 Å². The van der Waals surface area contributed by atoms with Gasteiger partial charge in [-0.25, -0.2) is 0 Å². The van der Waals surface area contributed by atoms with Gasteiger partial charge in [0.05, 0.1) is 5.70 Å². The Labute approximate surface area is 145 Å². The van der Waals surface area contributed by atoms with E-state index in [1.165, 1.54) is 96.3 Å². The predicted octanol–water partition coefficient (Wildman–Crippen LogP) is 7.43. The monoisotopic (exact) mass is 316 g/mol. The van der Waals surface area contributed by atoms with E-state index in [9.17, 15) is 0 Å². The first-order valence-corrected chi connectivity index (χ1v) is 10.2. The molecule has 0 saturated heterocycles. The van der Waals surface area contributed by atoms with E-state index in [1.54, 1.807) is 0 Å². The molecule has 0 bridgehead atoms. The third kappa shape index (κ3) is 13.2. The van der Waals surface area contributed by atoms with Crippen LogP contribution in [0.2, 0.25) is 0 Å². The molecule has 1 rings (SSSR count). The van der Waals surface area contributed by atoms with Crippen LogP contribution >= 0.6 is 0 Å². The fourth-order valence-corrected chi connectivity index (χ4v) is 3.07. The van der Waals surface area contributed by atoms with Gasteiger partial charge in [0.1, 0.15) is 0 Å². The van der Waals surface area contributed by atoms with Crippen LogP contribution in [0.25, 0.3) is 0 Å². The van der Waals surface area contributed by atoms with Crippen molar-refractivity contribution in [3.05, 3.63) is 36.2 Å². The standard InChI is InChI=1S/C22H38N/c1-2-3-4-5-6-7-8-9-10-11-12-13-14-15-16-17-19-22-20-18-21-23-22/h17-21H,2-16H2,1H3. The van der Waals surface area contributed by atoms with Crippen LogP contribution in [0.1, 0.15) is 103 Å². The second-order valence-electron chi connectivity index (χ2n) is 6.85. The highest BCUT2D eigenvalue weighted by atomic mass is 14.9. The summed E-state index contributed by atoms with van der Waals surface area (Å²) in [5.74, 6) is 0. The Morgan fingerprint density at radius 1 is 0.739 bits per heavy atom. The van der Waals surface area contributed by atoms with Crippen molar-refractivity contribution in [1.82, 2.24) is 5.32 Å². The zero-order valence-corrected chi connectivity index (χ0v) is 15.4. The van der Waals surface area contributed by atoms with Crippen LogP contribution in [-0.4, -0.2) is 0 Å². The SMILES string of the molecule is CCCCCCCCCCCCCCCCC=CC1=CC=C[N]1. The summed E-state index contributed by atoms with van der Waals surface area (Å²) in [6.07, 6.45) is 31.5. The summed E-state index contributed by atoms with van der Waals surface area (Å²) in [5, 5.41) is 4.24. The minimum Gasteiger partial charge on any atom is -0.257 e. The van der Waals surface area contributed by atoms with Gasteiger partial charge in [-0.2, -0.15) is 0 Å². The van der Waals surface area contributed by atoms with Crippen LogP contribution in [0.3, 0.4) is 0 Å². The highest BCUT2D eigenvalue weighted by Crippen LogP contribution is 2.13. The number of hydrogen-bond donors (Lipinski definition) is 0. The van der Waals surface area contributed by atoms with Gasteiger partial charge < -0.3 is 0 Å². The van der Waals surface area contributed by atoms with Gasteiger partial charge in [0.15, 0.2) is 0 Å². The maximum absolute atomic E-state index is 4.24. The fourth-order valence-electron chi connectivity index (χ4n) is 3.07. The zero-order chi connectivity index (χ0) is 16.4. The molecule has 23 heavy (non-hydrogen) atoms. The van der Waals surface area contributed by atoms with Crippen molar-refractivity contribution in [3.8, 4) is 0 Å². The van der Waals surface area contributed by atoms with Crippen LogP contribution in [0.15, 0.2) is 36.2 Å². The van der Waals surface area contributed by atoms with Crippen molar-refractivity contribution in [2.45, 2.75) is 103 Å². The second kappa shape index (κ2) is 15.9. The van der Waals surface area contributed by atoms with Gasteiger partial charge in [0, 0.05) is 6.20 Å².